The van der Waals surface area contributed by atoms with Crippen LogP contribution in [0.25, 0.3) is 0 Å². The summed E-state index contributed by atoms with van der Waals surface area (Å²) in [6, 6.07) is -0.389. The Hall–Kier alpha value is -1.63. The summed E-state index contributed by atoms with van der Waals surface area (Å²) >= 11 is 0. The third-order valence-corrected chi connectivity index (χ3v) is 5.08. The molecule has 7 nitrogen and oxygen atoms in total. The minimum Gasteiger partial charge on any atom is -0.462 e. The first kappa shape index (κ1) is 21.4. The molecule has 1 fully saturated rings. The van der Waals surface area contributed by atoms with E-state index < -0.39 is 6.10 Å². The molecule has 4 unspecified atom stereocenters. The van der Waals surface area contributed by atoms with Crippen LogP contribution in [0.2, 0.25) is 0 Å². The number of hydrogen-bond donors (Lipinski definition) is 1. The maximum atomic E-state index is 12.8. The van der Waals surface area contributed by atoms with Crippen LogP contribution < -0.4 is 5.32 Å². The van der Waals surface area contributed by atoms with Crippen molar-refractivity contribution in [2.45, 2.75) is 46.8 Å². The highest BCUT2D eigenvalue weighted by molar-refractivity contribution is 5.79. The van der Waals surface area contributed by atoms with Crippen LogP contribution in [0.3, 0.4) is 0 Å². The number of nitrogens with one attached hydrogen (secondary N) is 1. The summed E-state index contributed by atoms with van der Waals surface area (Å²) in [4.78, 5) is 39.8. The monoisotopic (exact) mass is 355 g/mol. The minimum absolute atomic E-state index is 0.0293. The Morgan fingerprint density at radius 1 is 1.04 bits per heavy atom. The molecule has 144 valence electrons. The molecule has 1 saturated heterocycles. The molecular formula is C18H33N3O4. The molecule has 0 aliphatic carbocycles. The number of carbonyl (C=O) groups is 3. The van der Waals surface area contributed by atoms with E-state index in [0.717, 1.165) is 13.1 Å². The van der Waals surface area contributed by atoms with E-state index >= 15 is 0 Å². The van der Waals surface area contributed by atoms with Crippen molar-refractivity contribution in [3.63, 3.8) is 0 Å². The predicted octanol–water partition coefficient (Wildman–Crippen LogP) is 0.735. The maximum Gasteiger partial charge on any atom is 0.308 e. The fourth-order valence-corrected chi connectivity index (χ4v) is 3.02. The van der Waals surface area contributed by atoms with Crippen LogP contribution >= 0.6 is 0 Å². The quantitative estimate of drug-likeness (QED) is 0.513. The van der Waals surface area contributed by atoms with Crippen LogP contribution in [0.15, 0.2) is 0 Å². The highest BCUT2D eigenvalue weighted by Gasteiger charge is 2.35. The van der Waals surface area contributed by atoms with Crippen molar-refractivity contribution >= 4 is 18.3 Å². The standard InChI is InChI=1S/C18H33N3O4/c1-12(2)18(24)25-15(5)13(3)16(19-11-22)14(4)17(23)21-9-7-20(6)8-10-21/h11-16H,7-10H2,1-6H3,(H,19,22). The van der Waals surface area contributed by atoms with Crippen LogP contribution in [-0.4, -0.2) is 73.5 Å². The van der Waals surface area contributed by atoms with E-state index in [4.69, 9.17) is 4.74 Å². The lowest BCUT2D eigenvalue weighted by molar-refractivity contribution is -0.155. The van der Waals surface area contributed by atoms with Crippen molar-refractivity contribution in [2.24, 2.45) is 17.8 Å². The lowest BCUT2D eigenvalue weighted by Crippen LogP contribution is -2.54. The fourth-order valence-electron chi connectivity index (χ4n) is 3.02. The number of amides is 2. The Bertz CT molecular complexity index is 461. The molecular weight excluding hydrogens is 322 g/mol. The van der Waals surface area contributed by atoms with Gasteiger partial charge in [-0.05, 0) is 14.0 Å². The SMILES string of the molecule is CC(C)C(=O)OC(C)C(C)C(NC=O)C(C)C(=O)N1CCN(C)CC1. The van der Waals surface area contributed by atoms with E-state index in [-0.39, 0.29) is 35.7 Å². The molecule has 2 amide bonds. The van der Waals surface area contributed by atoms with E-state index in [0.29, 0.717) is 19.5 Å². The predicted molar refractivity (Wildman–Crippen MR) is 95.8 cm³/mol. The highest BCUT2D eigenvalue weighted by atomic mass is 16.5. The van der Waals surface area contributed by atoms with Crippen LogP contribution in [-0.2, 0) is 19.1 Å². The van der Waals surface area contributed by atoms with E-state index in [1.807, 2.05) is 25.8 Å². The molecule has 4 atom stereocenters. The molecule has 7 heteroatoms. The van der Waals surface area contributed by atoms with Gasteiger partial charge in [-0.1, -0.05) is 27.7 Å². The highest BCUT2D eigenvalue weighted by Crippen LogP contribution is 2.22. The number of rotatable bonds is 8. The van der Waals surface area contributed by atoms with Gasteiger partial charge in [0.15, 0.2) is 0 Å². The number of carbonyl (C=O) groups excluding carboxylic acids is 3. The molecule has 0 radical (unpaired) electrons. The van der Waals surface area contributed by atoms with Crippen LogP contribution in [0.5, 0.6) is 0 Å². The fraction of sp³-hybridized carbons (Fsp3) is 0.833. The first-order chi connectivity index (χ1) is 11.7. The lowest BCUT2D eigenvalue weighted by Gasteiger charge is -2.37. The Morgan fingerprint density at radius 3 is 2.08 bits per heavy atom. The van der Waals surface area contributed by atoms with Crippen molar-refractivity contribution in [3.05, 3.63) is 0 Å². The molecule has 1 heterocycles. The zero-order chi connectivity index (χ0) is 19.1. The Morgan fingerprint density at radius 2 is 1.60 bits per heavy atom. The Kier molecular flexibility index (Phi) is 8.35. The second-order valence-corrected chi connectivity index (χ2v) is 7.38. The first-order valence-electron chi connectivity index (χ1n) is 9.06. The van der Waals surface area contributed by atoms with Crippen molar-refractivity contribution < 1.29 is 19.1 Å². The smallest absolute Gasteiger partial charge is 0.308 e. The molecule has 25 heavy (non-hydrogen) atoms. The average Bonchev–Trinajstić information content (AvgIpc) is 2.58. The van der Waals surface area contributed by atoms with E-state index in [2.05, 4.69) is 10.2 Å². The van der Waals surface area contributed by atoms with Crippen LogP contribution in [0.4, 0.5) is 0 Å². The van der Waals surface area contributed by atoms with Gasteiger partial charge in [0.1, 0.15) is 6.10 Å². The zero-order valence-electron chi connectivity index (χ0n) is 16.3. The Balaban J connectivity index is 2.77. The van der Waals surface area contributed by atoms with Gasteiger partial charge in [0.05, 0.1) is 11.8 Å². The maximum absolute atomic E-state index is 12.8. The van der Waals surface area contributed by atoms with Gasteiger partial charge in [0, 0.05) is 38.1 Å². The van der Waals surface area contributed by atoms with Gasteiger partial charge in [-0.3, -0.25) is 14.4 Å². The molecule has 1 aliphatic rings. The van der Waals surface area contributed by atoms with E-state index in [1.165, 1.54) is 0 Å². The summed E-state index contributed by atoms with van der Waals surface area (Å²) in [7, 11) is 2.04. The summed E-state index contributed by atoms with van der Waals surface area (Å²) in [5, 5.41) is 2.76. The summed E-state index contributed by atoms with van der Waals surface area (Å²) in [5.41, 5.74) is 0. The summed E-state index contributed by atoms with van der Waals surface area (Å²) < 4.78 is 5.46. The number of hydrogen-bond acceptors (Lipinski definition) is 5. The molecule has 0 aromatic carbocycles. The second kappa shape index (κ2) is 9.75. The summed E-state index contributed by atoms with van der Waals surface area (Å²) in [6.45, 7) is 12.2. The number of ether oxygens (including phenoxy) is 1. The average molecular weight is 355 g/mol. The minimum atomic E-state index is -0.393. The number of esters is 1. The topological polar surface area (TPSA) is 78.9 Å². The van der Waals surface area contributed by atoms with Crippen molar-refractivity contribution in [1.82, 2.24) is 15.1 Å². The number of nitrogens with zero attached hydrogens (tertiary/aromatic N) is 2. The molecule has 0 spiro atoms. The van der Waals surface area contributed by atoms with Crippen LogP contribution in [0, 0.1) is 17.8 Å². The van der Waals surface area contributed by atoms with E-state index in [9.17, 15) is 14.4 Å². The summed E-state index contributed by atoms with van der Waals surface area (Å²) in [6.07, 6.45) is 0.224. The van der Waals surface area contributed by atoms with Gasteiger partial charge in [-0.15, -0.1) is 0 Å². The molecule has 0 bridgehead atoms. The van der Waals surface area contributed by atoms with Gasteiger partial charge in [0.2, 0.25) is 12.3 Å². The first-order valence-corrected chi connectivity index (χ1v) is 9.06. The molecule has 1 rings (SSSR count). The molecule has 0 aromatic rings. The second-order valence-electron chi connectivity index (χ2n) is 7.38. The van der Waals surface area contributed by atoms with Gasteiger partial charge < -0.3 is 19.9 Å². The lowest BCUT2D eigenvalue weighted by atomic mass is 9.86. The van der Waals surface area contributed by atoms with Gasteiger partial charge in [-0.25, -0.2) is 0 Å². The molecule has 1 N–H and O–H groups in total. The normalized spacial score (nSPS) is 20.5. The van der Waals surface area contributed by atoms with Crippen LogP contribution in [0.1, 0.15) is 34.6 Å². The van der Waals surface area contributed by atoms with Crippen molar-refractivity contribution in [3.8, 4) is 0 Å². The molecule has 0 aromatic heterocycles. The number of piperazine rings is 1. The van der Waals surface area contributed by atoms with Gasteiger partial charge in [-0.2, -0.15) is 0 Å². The molecule has 1 aliphatic heterocycles. The third kappa shape index (κ3) is 5.99. The van der Waals surface area contributed by atoms with Gasteiger partial charge >= 0.3 is 5.97 Å². The Labute approximate surface area is 151 Å². The summed E-state index contributed by atoms with van der Waals surface area (Å²) in [5.74, 6) is -1.02. The van der Waals surface area contributed by atoms with Crippen molar-refractivity contribution in [1.29, 1.82) is 0 Å². The zero-order valence-corrected chi connectivity index (χ0v) is 16.3. The van der Waals surface area contributed by atoms with E-state index in [1.54, 1.807) is 20.8 Å². The molecule has 0 saturated carbocycles. The largest absolute Gasteiger partial charge is 0.462 e. The number of likely N-dealkylation sites (N-methyl/N-ethyl adjacent to an activating group) is 1. The van der Waals surface area contributed by atoms with Crippen molar-refractivity contribution in [2.75, 3.05) is 33.2 Å². The van der Waals surface area contributed by atoms with Gasteiger partial charge in [0.25, 0.3) is 0 Å². The third-order valence-electron chi connectivity index (χ3n) is 5.08.